The average Bonchev–Trinajstić information content (AvgIpc) is 3.54. The summed E-state index contributed by atoms with van der Waals surface area (Å²) in [5.74, 6) is 2.04. The van der Waals surface area contributed by atoms with Crippen molar-refractivity contribution in [1.29, 1.82) is 0 Å². The Morgan fingerprint density at radius 3 is 2.58 bits per heavy atom. The molecule has 2 aliphatic carbocycles. The summed E-state index contributed by atoms with van der Waals surface area (Å²) in [4.78, 5) is 52.1. The maximum atomic E-state index is 14.3. The molecule has 244 valence electrons. The van der Waals surface area contributed by atoms with Crippen LogP contribution in [0.25, 0.3) is 11.0 Å². The predicted octanol–water partition coefficient (Wildman–Crippen LogP) is 5.49. The van der Waals surface area contributed by atoms with Crippen molar-refractivity contribution in [3.05, 3.63) is 23.9 Å². The molecule has 4 aliphatic rings. The topological polar surface area (TPSA) is 120 Å². The lowest BCUT2D eigenvalue weighted by molar-refractivity contribution is -0.141. The van der Waals surface area contributed by atoms with Crippen LogP contribution < -0.4 is 14.8 Å². The highest BCUT2D eigenvalue weighted by atomic mass is 16.6. The van der Waals surface area contributed by atoms with Gasteiger partial charge in [0, 0.05) is 12.0 Å². The molecule has 3 heterocycles. The zero-order chi connectivity index (χ0) is 32.0. The van der Waals surface area contributed by atoms with Crippen LogP contribution in [0.15, 0.2) is 18.2 Å². The Hall–Kier alpha value is -3.43. The van der Waals surface area contributed by atoms with Gasteiger partial charge in [-0.2, -0.15) is 0 Å². The Morgan fingerprint density at radius 2 is 1.84 bits per heavy atom. The van der Waals surface area contributed by atoms with Crippen LogP contribution in [0.1, 0.15) is 85.8 Å². The van der Waals surface area contributed by atoms with E-state index >= 15 is 0 Å². The molecular formula is C35H48N4O6. The minimum atomic E-state index is -0.876. The van der Waals surface area contributed by atoms with E-state index in [-0.39, 0.29) is 30.3 Å². The first-order valence-corrected chi connectivity index (χ1v) is 16.8. The smallest absolute Gasteiger partial charge is 0.408 e. The van der Waals surface area contributed by atoms with Crippen LogP contribution in [-0.4, -0.2) is 70.1 Å². The number of carbonyl (C=O) groups is 3. The largest absolute Gasteiger partial charge is 0.494 e. The first-order valence-electron chi connectivity index (χ1n) is 16.8. The number of alkyl carbamates (subject to hydrolysis) is 1. The summed E-state index contributed by atoms with van der Waals surface area (Å²) < 4.78 is 18.4. The zero-order valence-corrected chi connectivity index (χ0v) is 27.5. The van der Waals surface area contributed by atoms with Gasteiger partial charge in [-0.3, -0.25) is 9.59 Å². The standard InChI is InChI=1S/C35H48N4O6/c1-7-43-22-13-14-25-27(17-22)37-32-26(36-25)12-10-8-9-11-23-24-15-21(24)16-28(23)45-34(42)38-31(35(4,5)6)33(41)39-18-29(44-32)19(2)30(39)20(3)40/h13-14,17,19,21,23-24,28-31H,7-12,15-16,18H2,1-6H3,(H,38,42)/t19-,21?,23-,24?,28-,29+,30+,31-/m1/s1. The monoisotopic (exact) mass is 620 g/mol. The summed E-state index contributed by atoms with van der Waals surface area (Å²) in [6.07, 6.45) is 5.66. The molecule has 2 bridgehead atoms. The Kier molecular flexibility index (Phi) is 8.69. The van der Waals surface area contributed by atoms with E-state index in [1.807, 2.05) is 52.8 Å². The van der Waals surface area contributed by atoms with Gasteiger partial charge >= 0.3 is 6.09 Å². The molecule has 2 saturated carbocycles. The molecule has 45 heavy (non-hydrogen) atoms. The lowest BCUT2D eigenvalue weighted by Gasteiger charge is -2.35. The predicted molar refractivity (Wildman–Crippen MR) is 169 cm³/mol. The van der Waals surface area contributed by atoms with Crippen molar-refractivity contribution in [3.8, 4) is 11.6 Å². The van der Waals surface area contributed by atoms with Crippen LogP contribution >= 0.6 is 0 Å². The molecule has 2 aromatic rings. The van der Waals surface area contributed by atoms with E-state index < -0.39 is 29.7 Å². The van der Waals surface area contributed by atoms with Gasteiger partial charge in [-0.1, -0.05) is 40.5 Å². The number of Topliss-reactive ketones (excluding diaryl/α,β-unsaturated/α-hetero) is 1. The Balaban J connectivity index is 1.36. The molecule has 2 amide bonds. The van der Waals surface area contributed by atoms with Crippen LogP contribution in [0.2, 0.25) is 0 Å². The molecule has 10 heteroatoms. The van der Waals surface area contributed by atoms with Crippen LogP contribution in [0.5, 0.6) is 11.6 Å². The van der Waals surface area contributed by atoms with E-state index in [0.29, 0.717) is 47.9 Å². The number of amides is 2. The molecule has 1 aromatic heterocycles. The molecule has 10 nitrogen and oxygen atoms in total. The highest BCUT2D eigenvalue weighted by Crippen LogP contribution is 2.57. The quantitative estimate of drug-likeness (QED) is 0.478. The lowest BCUT2D eigenvalue weighted by Crippen LogP contribution is -2.57. The molecule has 1 saturated heterocycles. The van der Waals surface area contributed by atoms with Gasteiger partial charge in [-0.15, -0.1) is 0 Å². The average molecular weight is 621 g/mol. The number of ketones is 1. The number of benzene rings is 1. The van der Waals surface area contributed by atoms with Gasteiger partial charge in [-0.25, -0.2) is 14.8 Å². The van der Waals surface area contributed by atoms with Gasteiger partial charge in [0.15, 0.2) is 5.78 Å². The number of rotatable bonds is 3. The molecule has 2 unspecified atom stereocenters. The molecule has 2 aliphatic heterocycles. The Labute approximate surface area is 266 Å². The molecular weight excluding hydrogens is 572 g/mol. The van der Waals surface area contributed by atoms with Gasteiger partial charge in [0.25, 0.3) is 0 Å². The highest BCUT2D eigenvalue weighted by Gasteiger charge is 2.55. The lowest BCUT2D eigenvalue weighted by atomic mass is 9.85. The third-order valence-electron chi connectivity index (χ3n) is 10.4. The summed E-state index contributed by atoms with van der Waals surface area (Å²) in [6.45, 7) is 11.9. The van der Waals surface area contributed by atoms with Gasteiger partial charge in [0.05, 0.1) is 30.2 Å². The summed E-state index contributed by atoms with van der Waals surface area (Å²) in [5, 5.41) is 2.92. The van der Waals surface area contributed by atoms with Crippen LogP contribution in [-0.2, 0) is 20.7 Å². The summed E-state index contributed by atoms with van der Waals surface area (Å²) in [5.41, 5.74) is 1.61. The number of ether oxygens (including phenoxy) is 3. The summed E-state index contributed by atoms with van der Waals surface area (Å²) >= 11 is 0. The number of fused-ring (bicyclic) bond motifs is 7. The number of hydrogen-bond acceptors (Lipinski definition) is 8. The number of aryl methyl sites for hydroxylation is 1. The molecule has 1 N–H and O–H groups in total. The van der Waals surface area contributed by atoms with Gasteiger partial charge in [0.1, 0.15) is 29.7 Å². The third kappa shape index (κ3) is 6.47. The maximum absolute atomic E-state index is 14.3. The Morgan fingerprint density at radius 1 is 1.04 bits per heavy atom. The fraction of sp³-hybridized carbons (Fsp3) is 0.686. The molecule has 6 rings (SSSR count). The molecule has 8 atom stereocenters. The van der Waals surface area contributed by atoms with E-state index in [2.05, 4.69) is 5.32 Å². The minimum absolute atomic E-state index is 0.123. The van der Waals surface area contributed by atoms with Crippen molar-refractivity contribution in [2.24, 2.45) is 29.1 Å². The second kappa shape index (κ2) is 12.4. The van der Waals surface area contributed by atoms with Crippen LogP contribution in [0.3, 0.4) is 0 Å². The van der Waals surface area contributed by atoms with Crippen molar-refractivity contribution in [1.82, 2.24) is 20.2 Å². The van der Waals surface area contributed by atoms with E-state index in [0.717, 1.165) is 43.3 Å². The summed E-state index contributed by atoms with van der Waals surface area (Å²) in [6, 6.07) is 4.13. The first kappa shape index (κ1) is 31.5. The number of nitrogens with zero attached hydrogens (tertiary/aromatic N) is 3. The fourth-order valence-corrected chi connectivity index (χ4v) is 7.94. The van der Waals surface area contributed by atoms with Crippen LogP contribution in [0, 0.1) is 29.1 Å². The number of carbonyl (C=O) groups excluding carboxylic acids is 3. The van der Waals surface area contributed by atoms with Crippen molar-refractivity contribution >= 4 is 28.8 Å². The normalized spacial score (nSPS) is 32.3. The first-order chi connectivity index (χ1) is 21.4. The molecule has 3 fully saturated rings. The van der Waals surface area contributed by atoms with E-state index in [1.165, 1.54) is 13.3 Å². The zero-order valence-electron chi connectivity index (χ0n) is 27.5. The Bertz CT molecular complexity index is 1460. The summed E-state index contributed by atoms with van der Waals surface area (Å²) in [7, 11) is 0. The van der Waals surface area contributed by atoms with Gasteiger partial charge < -0.3 is 24.4 Å². The van der Waals surface area contributed by atoms with Crippen molar-refractivity contribution in [2.75, 3.05) is 13.2 Å². The fourth-order valence-electron chi connectivity index (χ4n) is 7.94. The van der Waals surface area contributed by atoms with Gasteiger partial charge in [0.2, 0.25) is 11.8 Å². The van der Waals surface area contributed by atoms with E-state index in [4.69, 9.17) is 24.2 Å². The number of hydrogen-bond donors (Lipinski definition) is 1. The SMILES string of the molecule is CCOc1ccc2nc3c(nc2c1)O[C@H]1CN(C(=O)[C@H](C(C)(C)C)NC(=O)O[C@@H]2CC4CC4[C@H]2CCCCC3)[C@H](C(C)=O)[C@@H]1C. The van der Waals surface area contributed by atoms with Crippen molar-refractivity contribution in [3.63, 3.8) is 0 Å². The van der Waals surface area contributed by atoms with E-state index in [1.54, 1.807) is 4.90 Å². The molecule has 0 spiro atoms. The highest BCUT2D eigenvalue weighted by molar-refractivity contribution is 5.92. The number of aromatic nitrogens is 2. The van der Waals surface area contributed by atoms with Crippen molar-refractivity contribution in [2.45, 2.75) is 111 Å². The third-order valence-corrected chi connectivity index (χ3v) is 10.4. The van der Waals surface area contributed by atoms with Crippen molar-refractivity contribution < 1.29 is 28.6 Å². The molecule has 0 radical (unpaired) electrons. The second-order valence-electron chi connectivity index (χ2n) is 14.7. The minimum Gasteiger partial charge on any atom is -0.494 e. The van der Waals surface area contributed by atoms with E-state index in [9.17, 15) is 14.4 Å². The van der Waals surface area contributed by atoms with Crippen LogP contribution in [0.4, 0.5) is 4.79 Å². The molecule has 1 aromatic carbocycles. The maximum Gasteiger partial charge on any atom is 0.408 e. The number of nitrogens with one attached hydrogen (secondary N) is 1. The van der Waals surface area contributed by atoms with Gasteiger partial charge in [-0.05, 0) is 81.3 Å². The second-order valence-corrected chi connectivity index (χ2v) is 14.7.